The number of nitrogens with one attached hydrogen (secondary N) is 3. The van der Waals surface area contributed by atoms with Crippen molar-refractivity contribution in [2.45, 2.75) is 57.3 Å². The van der Waals surface area contributed by atoms with Crippen LogP contribution < -0.4 is 16.1 Å². The number of nitrogens with zero attached hydrogens (tertiary/aromatic N) is 2. The number of carbonyl (C=O) groups is 1. The minimum absolute atomic E-state index is 0.0815. The number of fused-ring (bicyclic) bond motifs is 1. The van der Waals surface area contributed by atoms with Gasteiger partial charge in [-0.1, -0.05) is 18.2 Å². The molecule has 7 heteroatoms. The number of amides is 1. The summed E-state index contributed by atoms with van der Waals surface area (Å²) in [7, 11) is 4.09. The van der Waals surface area contributed by atoms with Gasteiger partial charge in [0.25, 0.3) is 0 Å². The van der Waals surface area contributed by atoms with Gasteiger partial charge < -0.3 is 5.32 Å². The van der Waals surface area contributed by atoms with Crippen molar-refractivity contribution in [3.63, 3.8) is 0 Å². The molecule has 1 aliphatic carbocycles. The second-order valence-corrected chi connectivity index (χ2v) is 7.81. The summed E-state index contributed by atoms with van der Waals surface area (Å²) < 4.78 is 0. The first kappa shape index (κ1) is 17.9. The molecule has 3 N–H and O–H groups in total. The lowest BCUT2D eigenvalue weighted by Gasteiger charge is -2.24. The Labute approximate surface area is 155 Å². The maximum absolute atomic E-state index is 12.8. The van der Waals surface area contributed by atoms with Crippen molar-refractivity contribution in [3.05, 3.63) is 34.9 Å². The van der Waals surface area contributed by atoms with Gasteiger partial charge >= 0.3 is 0 Å². The molecule has 0 aromatic heterocycles. The summed E-state index contributed by atoms with van der Waals surface area (Å²) in [6, 6.07) is 6.47. The first-order chi connectivity index (χ1) is 12.4. The van der Waals surface area contributed by atoms with Crippen molar-refractivity contribution >= 4 is 5.91 Å². The van der Waals surface area contributed by atoms with Gasteiger partial charge in [-0.2, -0.15) is 5.48 Å². The van der Waals surface area contributed by atoms with Crippen LogP contribution in [0, 0.1) is 0 Å². The zero-order valence-electron chi connectivity index (χ0n) is 16.0. The second-order valence-electron chi connectivity index (χ2n) is 7.81. The quantitative estimate of drug-likeness (QED) is 0.744. The highest BCUT2D eigenvalue weighted by Gasteiger charge is 2.38. The third kappa shape index (κ3) is 3.14. The highest BCUT2D eigenvalue weighted by molar-refractivity contribution is 5.83. The van der Waals surface area contributed by atoms with Gasteiger partial charge in [0.1, 0.15) is 6.04 Å². The van der Waals surface area contributed by atoms with Gasteiger partial charge in [0.15, 0.2) is 6.23 Å². The number of likely N-dealkylation sites (N-methyl/N-ethyl adjacent to an activating group) is 2. The Hall–Kier alpha value is -1.51. The van der Waals surface area contributed by atoms with E-state index in [1.54, 1.807) is 0 Å². The third-order valence-corrected chi connectivity index (χ3v) is 6.11. The maximum Gasteiger partial charge on any atom is 0.239 e. The molecule has 4 rings (SSSR count). The molecule has 4 unspecified atom stereocenters. The standard InChI is InChI=1S/C19H29N5O2/c1-11-20-19(26-22-11)14-5-7-15-13(9-14)6-8-16(15)21-18(25)17-10-23(3)12(2)24(17)4/h5,7,9,11-12,16-17,19-20,22H,6,8,10H2,1-4H3,(H,21,25)/t11?,12?,16-,17?,19?/m1/s1. The molecule has 0 saturated carbocycles. The smallest absolute Gasteiger partial charge is 0.239 e. The van der Waals surface area contributed by atoms with Gasteiger partial charge in [0, 0.05) is 6.54 Å². The molecule has 0 bridgehead atoms. The molecule has 1 aromatic rings. The Morgan fingerprint density at radius 2 is 2.12 bits per heavy atom. The van der Waals surface area contributed by atoms with Crippen LogP contribution in [0.15, 0.2) is 18.2 Å². The van der Waals surface area contributed by atoms with Crippen molar-refractivity contribution in [1.29, 1.82) is 0 Å². The molecule has 1 aromatic carbocycles. The average Bonchev–Trinajstić information content (AvgIpc) is 3.30. The van der Waals surface area contributed by atoms with Gasteiger partial charge in [-0.3, -0.25) is 24.7 Å². The monoisotopic (exact) mass is 359 g/mol. The Bertz CT molecular complexity index is 697. The molecule has 7 nitrogen and oxygen atoms in total. The topological polar surface area (TPSA) is 68.9 Å². The van der Waals surface area contributed by atoms with E-state index >= 15 is 0 Å². The summed E-state index contributed by atoms with van der Waals surface area (Å²) >= 11 is 0. The number of hydroxylamine groups is 1. The van der Waals surface area contributed by atoms with E-state index in [1.165, 1.54) is 11.1 Å². The van der Waals surface area contributed by atoms with Crippen LogP contribution in [0.2, 0.25) is 0 Å². The number of carbonyl (C=O) groups excluding carboxylic acids is 1. The largest absolute Gasteiger partial charge is 0.348 e. The second kappa shape index (κ2) is 6.90. The highest BCUT2D eigenvalue weighted by Crippen LogP contribution is 2.34. The lowest BCUT2D eigenvalue weighted by Crippen LogP contribution is -2.45. The molecule has 2 heterocycles. The molecule has 5 atom stereocenters. The molecular formula is C19H29N5O2. The van der Waals surface area contributed by atoms with Crippen LogP contribution >= 0.6 is 0 Å². The van der Waals surface area contributed by atoms with E-state index in [0.717, 1.165) is 24.9 Å². The predicted molar refractivity (Wildman–Crippen MR) is 98.8 cm³/mol. The van der Waals surface area contributed by atoms with E-state index in [0.29, 0.717) is 6.17 Å². The fourth-order valence-electron chi connectivity index (χ4n) is 4.24. The summed E-state index contributed by atoms with van der Waals surface area (Å²) in [5.74, 6) is 0.129. The fraction of sp³-hybridized carbons (Fsp3) is 0.632. The number of hydrogen-bond acceptors (Lipinski definition) is 6. The van der Waals surface area contributed by atoms with Crippen LogP contribution in [0.3, 0.4) is 0 Å². The van der Waals surface area contributed by atoms with Gasteiger partial charge in [0.05, 0.1) is 18.4 Å². The van der Waals surface area contributed by atoms with Crippen molar-refractivity contribution in [2.24, 2.45) is 0 Å². The first-order valence-electron chi connectivity index (χ1n) is 9.46. The SMILES string of the molecule is CC1NOC(c2ccc3c(c2)CC[C@H]3NC(=O)C2CN(C)C(C)N2C)N1. The summed E-state index contributed by atoms with van der Waals surface area (Å²) in [6.45, 7) is 4.93. The van der Waals surface area contributed by atoms with Crippen LogP contribution in [0.1, 0.15) is 49.2 Å². The molecule has 142 valence electrons. The fourth-order valence-corrected chi connectivity index (χ4v) is 4.24. The molecular weight excluding hydrogens is 330 g/mol. The Kier molecular flexibility index (Phi) is 4.75. The van der Waals surface area contributed by atoms with Gasteiger partial charge in [-0.15, -0.1) is 0 Å². The zero-order valence-corrected chi connectivity index (χ0v) is 16.0. The summed E-state index contributed by atoms with van der Waals surface area (Å²) in [4.78, 5) is 22.7. The minimum atomic E-state index is -0.117. The van der Waals surface area contributed by atoms with Crippen LogP contribution in [-0.2, 0) is 16.1 Å². The highest BCUT2D eigenvalue weighted by atomic mass is 16.7. The Morgan fingerprint density at radius 1 is 1.31 bits per heavy atom. The first-order valence-corrected chi connectivity index (χ1v) is 9.46. The third-order valence-electron chi connectivity index (χ3n) is 6.11. The van der Waals surface area contributed by atoms with E-state index in [2.05, 4.69) is 58.1 Å². The van der Waals surface area contributed by atoms with Gasteiger partial charge in [-0.25, -0.2) is 0 Å². The number of benzene rings is 1. The van der Waals surface area contributed by atoms with E-state index in [4.69, 9.17) is 4.84 Å². The summed E-state index contributed by atoms with van der Waals surface area (Å²) in [5.41, 5.74) is 6.61. The predicted octanol–water partition coefficient (Wildman–Crippen LogP) is 0.851. The molecule has 2 aliphatic heterocycles. The number of hydrogen-bond donors (Lipinski definition) is 3. The van der Waals surface area contributed by atoms with Crippen LogP contribution in [0.4, 0.5) is 0 Å². The van der Waals surface area contributed by atoms with Crippen molar-refractivity contribution in [1.82, 2.24) is 25.9 Å². The van der Waals surface area contributed by atoms with E-state index in [1.807, 2.05) is 14.0 Å². The van der Waals surface area contributed by atoms with Crippen LogP contribution in [0.5, 0.6) is 0 Å². The summed E-state index contributed by atoms with van der Waals surface area (Å²) in [6.07, 6.45) is 2.26. The van der Waals surface area contributed by atoms with Crippen LogP contribution in [0.25, 0.3) is 0 Å². The van der Waals surface area contributed by atoms with E-state index in [-0.39, 0.29) is 30.4 Å². The molecule has 2 fully saturated rings. The zero-order chi connectivity index (χ0) is 18.4. The average molecular weight is 359 g/mol. The lowest BCUT2D eigenvalue weighted by molar-refractivity contribution is -0.125. The number of rotatable bonds is 3. The molecule has 0 spiro atoms. The maximum atomic E-state index is 12.8. The summed E-state index contributed by atoms with van der Waals surface area (Å²) in [5, 5.41) is 6.62. The Balaban J connectivity index is 1.44. The molecule has 0 radical (unpaired) electrons. The van der Waals surface area contributed by atoms with Crippen molar-refractivity contribution < 1.29 is 9.63 Å². The number of aryl methyl sites for hydroxylation is 1. The van der Waals surface area contributed by atoms with Crippen molar-refractivity contribution in [2.75, 3.05) is 20.6 Å². The van der Waals surface area contributed by atoms with Gasteiger partial charge in [-0.05, 0) is 57.5 Å². The minimum Gasteiger partial charge on any atom is -0.348 e. The molecule has 1 amide bonds. The van der Waals surface area contributed by atoms with E-state index in [9.17, 15) is 4.79 Å². The Morgan fingerprint density at radius 3 is 2.77 bits per heavy atom. The van der Waals surface area contributed by atoms with Crippen LogP contribution in [-0.4, -0.2) is 54.7 Å². The lowest BCUT2D eigenvalue weighted by atomic mass is 10.0. The van der Waals surface area contributed by atoms with Gasteiger partial charge in [0.2, 0.25) is 5.91 Å². The van der Waals surface area contributed by atoms with E-state index < -0.39 is 0 Å². The normalized spacial score (nSPS) is 35.0. The molecule has 26 heavy (non-hydrogen) atoms. The molecule has 3 aliphatic rings. The molecule has 2 saturated heterocycles. The van der Waals surface area contributed by atoms with Crippen molar-refractivity contribution in [3.8, 4) is 0 Å².